The van der Waals surface area contributed by atoms with Gasteiger partial charge in [0.1, 0.15) is 5.75 Å². The first-order valence-electron chi connectivity index (χ1n) is 5.12. The van der Waals surface area contributed by atoms with Crippen molar-refractivity contribution in [2.75, 3.05) is 0 Å². The third kappa shape index (κ3) is 2.44. The van der Waals surface area contributed by atoms with Gasteiger partial charge in [0.2, 0.25) is 0 Å². The zero-order valence-corrected chi connectivity index (χ0v) is 9.53. The van der Waals surface area contributed by atoms with Gasteiger partial charge < -0.3 is 9.72 Å². The van der Waals surface area contributed by atoms with E-state index < -0.39 is 11.2 Å². The molecule has 1 aromatic carbocycles. The van der Waals surface area contributed by atoms with Crippen LogP contribution >= 0.6 is 0 Å². The summed E-state index contributed by atoms with van der Waals surface area (Å²) in [5.74, 6) is 0.552. The molecule has 88 valence electrons. The van der Waals surface area contributed by atoms with E-state index in [0.29, 0.717) is 16.7 Å². The molecular formula is C12H12N2O3. The van der Waals surface area contributed by atoms with Crippen molar-refractivity contribution in [2.45, 2.75) is 13.8 Å². The average molecular weight is 232 g/mol. The molecule has 0 unspecified atom stereocenters. The minimum absolute atomic E-state index is 0.393. The number of H-pyrrole nitrogens is 2. The number of aromatic nitrogens is 2. The second-order valence-electron chi connectivity index (χ2n) is 3.93. The number of hydrogen-bond donors (Lipinski definition) is 2. The van der Waals surface area contributed by atoms with Crippen LogP contribution < -0.4 is 16.0 Å². The zero-order chi connectivity index (χ0) is 12.4. The predicted molar refractivity (Wildman–Crippen MR) is 65.2 cm³/mol. The van der Waals surface area contributed by atoms with E-state index in [4.69, 9.17) is 4.74 Å². The maximum atomic E-state index is 11.5. The van der Waals surface area contributed by atoms with Gasteiger partial charge in [-0.1, -0.05) is 0 Å². The molecule has 0 atom stereocenters. The molecule has 0 fully saturated rings. The summed E-state index contributed by atoms with van der Waals surface area (Å²) in [7, 11) is 0. The molecule has 2 N–H and O–H groups in total. The lowest BCUT2D eigenvalue weighted by atomic mass is 10.2. The van der Waals surface area contributed by atoms with Crippen LogP contribution in [0.3, 0.4) is 0 Å². The van der Waals surface area contributed by atoms with Gasteiger partial charge in [0.25, 0.3) is 5.56 Å². The number of allylic oxidation sites excluding steroid dienone is 1. The average Bonchev–Trinajstić information content (AvgIpc) is 2.26. The van der Waals surface area contributed by atoms with Gasteiger partial charge in [-0.25, -0.2) is 4.79 Å². The molecule has 0 saturated carbocycles. The molecule has 0 saturated heterocycles. The van der Waals surface area contributed by atoms with Crippen molar-refractivity contribution in [3.05, 3.63) is 50.9 Å². The third-order valence-electron chi connectivity index (χ3n) is 2.14. The van der Waals surface area contributed by atoms with Crippen molar-refractivity contribution in [1.29, 1.82) is 0 Å². The van der Waals surface area contributed by atoms with Crippen molar-refractivity contribution in [1.82, 2.24) is 9.97 Å². The van der Waals surface area contributed by atoms with Gasteiger partial charge in [0, 0.05) is 0 Å². The summed E-state index contributed by atoms with van der Waals surface area (Å²) in [6, 6.07) is 4.92. The van der Waals surface area contributed by atoms with Crippen LogP contribution in [-0.4, -0.2) is 9.97 Å². The van der Waals surface area contributed by atoms with E-state index in [-0.39, 0.29) is 0 Å². The Morgan fingerprint density at radius 3 is 2.71 bits per heavy atom. The van der Waals surface area contributed by atoms with Crippen molar-refractivity contribution in [3.63, 3.8) is 0 Å². The summed E-state index contributed by atoms with van der Waals surface area (Å²) in [4.78, 5) is 27.3. The topological polar surface area (TPSA) is 75.0 Å². The highest BCUT2D eigenvalue weighted by molar-refractivity contribution is 5.78. The quantitative estimate of drug-likeness (QED) is 0.771. The maximum Gasteiger partial charge on any atom is 0.326 e. The van der Waals surface area contributed by atoms with Crippen LogP contribution in [0.1, 0.15) is 13.8 Å². The van der Waals surface area contributed by atoms with Gasteiger partial charge in [-0.2, -0.15) is 0 Å². The highest BCUT2D eigenvalue weighted by atomic mass is 16.5. The molecule has 5 nitrogen and oxygen atoms in total. The summed E-state index contributed by atoms with van der Waals surface area (Å²) in [5, 5.41) is 0.393. The smallest absolute Gasteiger partial charge is 0.326 e. The van der Waals surface area contributed by atoms with Gasteiger partial charge in [0.05, 0.1) is 17.2 Å². The monoisotopic (exact) mass is 232 g/mol. The Kier molecular flexibility index (Phi) is 2.82. The normalized spacial score (nSPS) is 10.2. The molecule has 0 aliphatic heterocycles. The molecular weight excluding hydrogens is 220 g/mol. The first kappa shape index (κ1) is 11.2. The van der Waals surface area contributed by atoms with Gasteiger partial charge in [-0.15, -0.1) is 0 Å². The summed E-state index contributed by atoms with van der Waals surface area (Å²) in [6.45, 7) is 3.82. The van der Waals surface area contributed by atoms with Crippen molar-refractivity contribution >= 4 is 10.9 Å². The summed E-state index contributed by atoms with van der Waals surface area (Å²) < 4.78 is 5.35. The lowest BCUT2D eigenvalue weighted by Crippen LogP contribution is -2.21. The fourth-order valence-electron chi connectivity index (χ4n) is 1.40. The van der Waals surface area contributed by atoms with Crippen LogP contribution in [-0.2, 0) is 0 Å². The minimum Gasteiger partial charge on any atom is -0.465 e. The van der Waals surface area contributed by atoms with Gasteiger partial charge in [-0.05, 0) is 37.6 Å². The van der Waals surface area contributed by atoms with Crippen LogP contribution in [0, 0.1) is 0 Å². The molecule has 0 spiro atoms. The number of aromatic amines is 2. The molecule has 0 aliphatic carbocycles. The fraction of sp³-hybridized carbons (Fsp3) is 0.167. The molecule has 0 radical (unpaired) electrons. The first-order valence-corrected chi connectivity index (χ1v) is 5.12. The largest absolute Gasteiger partial charge is 0.465 e. The number of rotatable bonds is 2. The van der Waals surface area contributed by atoms with E-state index in [1.54, 1.807) is 24.5 Å². The second-order valence-corrected chi connectivity index (χ2v) is 3.93. The molecule has 1 heterocycles. The lowest BCUT2D eigenvalue weighted by molar-refractivity contribution is 0.476. The van der Waals surface area contributed by atoms with Crippen molar-refractivity contribution < 1.29 is 4.74 Å². The van der Waals surface area contributed by atoms with E-state index in [9.17, 15) is 9.59 Å². The fourth-order valence-corrected chi connectivity index (χ4v) is 1.40. The van der Waals surface area contributed by atoms with Crippen LogP contribution in [0.4, 0.5) is 0 Å². The molecule has 2 aromatic rings. The molecule has 5 heteroatoms. The van der Waals surface area contributed by atoms with E-state index in [1.165, 1.54) is 0 Å². The van der Waals surface area contributed by atoms with Gasteiger partial charge >= 0.3 is 5.69 Å². The standard InChI is InChI=1S/C12H12N2O3/c1-7(2)6-17-8-3-4-10-9(5-8)11(15)14-12(16)13-10/h3-6H,1-2H3,(H2,13,14,15,16). The lowest BCUT2D eigenvalue weighted by Gasteiger charge is -2.02. The molecule has 0 aliphatic rings. The van der Waals surface area contributed by atoms with Crippen LogP contribution in [0.5, 0.6) is 5.75 Å². The second kappa shape index (κ2) is 4.29. The van der Waals surface area contributed by atoms with Crippen molar-refractivity contribution in [2.24, 2.45) is 0 Å². The number of nitrogens with one attached hydrogen (secondary N) is 2. The minimum atomic E-state index is -0.513. The summed E-state index contributed by atoms with van der Waals surface area (Å²) in [5.41, 5.74) is 0.565. The molecule has 2 rings (SSSR count). The number of hydrogen-bond acceptors (Lipinski definition) is 3. The van der Waals surface area contributed by atoms with E-state index >= 15 is 0 Å². The van der Waals surface area contributed by atoms with Crippen LogP contribution in [0.25, 0.3) is 10.9 Å². The Morgan fingerprint density at radius 1 is 1.24 bits per heavy atom. The number of fused-ring (bicyclic) bond motifs is 1. The van der Waals surface area contributed by atoms with Gasteiger partial charge in [-0.3, -0.25) is 9.78 Å². The SMILES string of the molecule is CC(C)=COc1ccc2[nH]c(=O)[nH]c(=O)c2c1. The highest BCUT2D eigenvalue weighted by Crippen LogP contribution is 2.16. The molecule has 0 bridgehead atoms. The Hall–Kier alpha value is -2.30. The van der Waals surface area contributed by atoms with E-state index in [2.05, 4.69) is 9.97 Å². The first-order chi connectivity index (χ1) is 8.06. The maximum absolute atomic E-state index is 11.5. The Morgan fingerprint density at radius 2 is 2.00 bits per heavy atom. The Bertz CT molecular complexity index is 691. The number of ether oxygens (including phenoxy) is 1. The summed E-state index contributed by atoms with van der Waals surface area (Å²) >= 11 is 0. The zero-order valence-electron chi connectivity index (χ0n) is 9.53. The van der Waals surface area contributed by atoms with Gasteiger partial charge in [0.15, 0.2) is 0 Å². The third-order valence-corrected chi connectivity index (χ3v) is 2.14. The van der Waals surface area contributed by atoms with Crippen LogP contribution in [0.15, 0.2) is 39.6 Å². The summed E-state index contributed by atoms with van der Waals surface area (Å²) in [6.07, 6.45) is 1.60. The molecule has 1 aromatic heterocycles. The Labute approximate surface area is 96.8 Å². The molecule has 17 heavy (non-hydrogen) atoms. The Balaban J connectivity index is 2.54. The predicted octanol–water partition coefficient (Wildman–Crippen LogP) is 1.52. The van der Waals surface area contributed by atoms with Crippen LogP contribution in [0.2, 0.25) is 0 Å². The highest BCUT2D eigenvalue weighted by Gasteiger charge is 2.02. The van der Waals surface area contributed by atoms with Crippen molar-refractivity contribution in [3.8, 4) is 5.75 Å². The molecule has 0 amide bonds. The van der Waals surface area contributed by atoms with E-state index in [1.807, 2.05) is 13.8 Å². The number of benzene rings is 1. The van der Waals surface area contributed by atoms with E-state index in [0.717, 1.165) is 5.57 Å².